The maximum atomic E-state index is 11.2. The van der Waals surface area contributed by atoms with Crippen molar-refractivity contribution in [2.75, 3.05) is 6.26 Å². The van der Waals surface area contributed by atoms with Crippen LogP contribution in [0, 0.1) is 5.21 Å². The SMILES string of the molecule is CS(=O)(=O)c1nnc(-c2ccc[n+]([O-])c2)s1. The predicted octanol–water partition coefficient (Wildman–Crippen LogP) is 0.242. The highest BCUT2D eigenvalue weighted by molar-refractivity contribution is 7.92. The zero-order valence-electron chi connectivity index (χ0n) is 8.19. The monoisotopic (exact) mass is 257 g/mol. The Morgan fingerprint density at radius 3 is 2.75 bits per heavy atom. The molecule has 0 aliphatic heterocycles. The first kappa shape index (κ1) is 11.0. The Morgan fingerprint density at radius 1 is 1.44 bits per heavy atom. The Labute approximate surface area is 95.7 Å². The molecule has 0 amide bonds. The van der Waals surface area contributed by atoms with E-state index in [9.17, 15) is 13.6 Å². The topological polar surface area (TPSA) is 86.9 Å². The van der Waals surface area contributed by atoms with Crippen LogP contribution in [-0.4, -0.2) is 24.9 Å². The second-order valence-corrected chi connectivity index (χ2v) is 6.26. The van der Waals surface area contributed by atoms with Gasteiger partial charge in [0.25, 0.3) is 0 Å². The molecule has 2 aromatic heterocycles. The number of aromatic nitrogens is 3. The summed E-state index contributed by atoms with van der Waals surface area (Å²) in [6.07, 6.45) is 3.71. The van der Waals surface area contributed by atoms with Gasteiger partial charge in [0.15, 0.2) is 17.4 Å². The first-order valence-electron chi connectivity index (χ1n) is 4.19. The van der Waals surface area contributed by atoms with Crippen LogP contribution in [0.25, 0.3) is 10.6 Å². The smallest absolute Gasteiger partial charge is 0.232 e. The zero-order chi connectivity index (χ0) is 11.8. The van der Waals surface area contributed by atoms with Crippen LogP contribution in [0.4, 0.5) is 0 Å². The van der Waals surface area contributed by atoms with Gasteiger partial charge in [-0.25, -0.2) is 8.42 Å². The quantitative estimate of drug-likeness (QED) is 0.568. The minimum atomic E-state index is -3.34. The molecule has 0 unspecified atom stereocenters. The summed E-state index contributed by atoms with van der Waals surface area (Å²) in [5.74, 6) is 0. The first-order chi connectivity index (χ1) is 7.47. The summed E-state index contributed by atoms with van der Waals surface area (Å²) in [6, 6.07) is 3.23. The van der Waals surface area contributed by atoms with Crippen molar-refractivity contribution in [3.63, 3.8) is 0 Å². The Hall–Kier alpha value is -1.54. The summed E-state index contributed by atoms with van der Waals surface area (Å²) in [7, 11) is -3.34. The largest absolute Gasteiger partial charge is 0.619 e. The molecule has 2 aromatic rings. The minimum Gasteiger partial charge on any atom is -0.619 e. The number of rotatable bonds is 2. The van der Waals surface area contributed by atoms with Gasteiger partial charge in [-0.05, 0) is 6.07 Å². The van der Waals surface area contributed by atoms with E-state index in [0.29, 0.717) is 15.3 Å². The van der Waals surface area contributed by atoms with Gasteiger partial charge < -0.3 is 5.21 Å². The highest BCUT2D eigenvalue weighted by Gasteiger charge is 2.16. The highest BCUT2D eigenvalue weighted by Crippen LogP contribution is 2.24. The van der Waals surface area contributed by atoms with E-state index < -0.39 is 9.84 Å². The van der Waals surface area contributed by atoms with E-state index in [4.69, 9.17) is 0 Å². The van der Waals surface area contributed by atoms with Crippen LogP contribution in [-0.2, 0) is 9.84 Å². The summed E-state index contributed by atoms with van der Waals surface area (Å²) < 4.78 is 22.9. The van der Waals surface area contributed by atoms with Crippen molar-refractivity contribution in [1.29, 1.82) is 0 Å². The molecule has 16 heavy (non-hydrogen) atoms. The summed E-state index contributed by atoms with van der Waals surface area (Å²) in [5.41, 5.74) is 0.546. The van der Waals surface area contributed by atoms with Crippen LogP contribution in [0.5, 0.6) is 0 Å². The fourth-order valence-electron chi connectivity index (χ4n) is 1.06. The van der Waals surface area contributed by atoms with Gasteiger partial charge in [-0.2, -0.15) is 4.73 Å². The molecule has 8 heteroatoms. The van der Waals surface area contributed by atoms with Gasteiger partial charge in [-0.3, -0.25) is 0 Å². The maximum Gasteiger partial charge on any atom is 0.232 e. The van der Waals surface area contributed by atoms with Crippen molar-refractivity contribution >= 4 is 21.2 Å². The van der Waals surface area contributed by atoms with Crippen molar-refractivity contribution in [1.82, 2.24) is 10.2 Å². The molecule has 0 aliphatic carbocycles. The average Bonchev–Trinajstić information content (AvgIpc) is 2.65. The fraction of sp³-hybridized carbons (Fsp3) is 0.125. The number of hydrogen-bond donors (Lipinski definition) is 0. The van der Waals surface area contributed by atoms with Gasteiger partial charge in [0, 0.05) is 12.3 Å². The first-order valence-corrected chi connectivity index (χ1v) is 6.90. The van der Waals surface area contributed by atoms with Gasteiger partial charge in [0.05, 0.1) is 5.56 Å². The van der Waals surface area contributed by atoms with Gasteiger partial charge >= 0.3 is 0 Å². The molecule has 0 atom stereocenters. The van der Waals surface area contributed by atoms with Gasteiger partial charge in [0.2, 0.25) is 14.2 Å². The second-order valence-electron chi connectivity index (χ2n) is 3.10. The average molecular weight is 257 g/mol. The number of hydrogen-bond acceptors (Lipinski definition) is 6. The Balaban J connectivity index is 2.47. The summed E-state index contributed by atoms with van der Waals surface area (Å²) in [4.78, 5) is 0. The van der Waals surface area contributed by atoms with Crippen molar-refractivity contribution in [3.05, 3.63) is 29.7 Å². The minimum absolute atomic E-state index is 0.0520. The van der Waals surface area contributed by atoms with E-state index in [0.717, 1.165) is 17.6 Å². The van der Waals surface area contributed by atoms with Crippen LogP contribution in [0.3, 0.4) is 0 Å². The van der Waals surface area contributed by atoms with E-state index in [1.807, 2.05) is 0 Å². The Kier molecular flexibility index (Phi) is 2.60. The third-order valence-electron chi connectivity index (χ3n) is 1.75. The van der Waals surface area contributed by atoms with Crippen molar-refractivity contribution < 1.29 is 13.1 Å². The summed E-state index contributed by atoms with van der Waals surface area (Å²) in [5, 5.41) is 18.7. The molecule has 0 radical (unpaired) electrons. The number of pyridine rings is 1. The molecule has 0 aliphatic rings. The van der Waals surface area contributed by atoms with E-state index in [1.54, 1.807) is 12.1 Å². The van der Waals surface area contributed by atoms with E-state index in [2.05, 4.69) is 10.2 Å². The highest BCUT2D eigenvalue weighted by atomic mass is 32.2. The fourth-order valence-corrected chi connectivity index (χ4v) is 2.66. The lowest BCUT2D eigenvalue weighted by atomic mass is 10.3. The van der Waals surface area contributed by atoms with Crippen LogP contribution < -0.4 is 4.73 Å². The summed E-state index contributed by atoms with van der Waals surface area (Å²) >= 11 is 0.939. The Morgan fingerprint density at radius 2 is 2.19 bits per heavy atom. The van der Waals surface area contributed by atoms with Gasteiger partial charge in [0.1, 0.15) is 0 Å². The van der Waals surface area contributed by atoms with Crippen LogP contribution in [0.15, 0.2) is 28.9 Å². The number of sulfone groups is 1. The predicted molar refractivity (Wildman–Crippen MR) is 57.4 cm³/mol. The molecule has 0 saturated carbocycles. The van der Waals surface area contributed by atoms with Crippen molar-refractivity contribution in [3.8, 4) is 10.6 Å². The van der Waals surface area contributed by atoms with Gasteiger partial charge in [-0.1, -0.05) is 11.3 Å². The number of nitrogens with zero attached hydrogens (tertiary/aromatic N) is 3. The van der Waals surface area contributed by atoms with Gasteiger partial charge in [-0.15, -0.1) is 10.2 Å². The molecule has 0 spiro atoms. The van der Waals surface area contributed by atoms with Crippen LogP contribution in [0.2, 0.25) is 0 Å². The van der Waals surface area contributed by atoms with Crippen molar-refractivity contribution in [2.45, 2.75) is 4.34 Å². The maximum absolute atomic E-state index is 11.2. The zero-order valence-corrected chi connectivity index (χ0v) is 9.83. The second kappa shape index (κ2) is 3.80. The normalized spacial score (nSPS) is 11.6. The molecule has 2 heterocycles. The van der Waals surface area contributed by atoms with Crippen LogP contribution >= 0.6 is 11.3 Å². The molecule has 6 nitrogen and oxygen atoms in total. The molecular formula is C8H7N3O3S2. The Bertz CT molecular complexity index is 621. The van der Waals surface area contributed by atoms with E-state index in [-0.39, 0.29) is 4.34 Å². The molecular weight excluding hydrogens is 250 g/mol. The van der Waals surface area contributed by atoms with Crippen molar-refractivity contribution in [2.24, 2.45) is 0 Å². The molecule has 0 aromatic carbocycles. The van der Waals surface area contributed by atoms with E-state index in [1.165, 1.54) is 12.4 Å². The molecule has 0 saturated heterocycles. The third kappa shape index (κ3) is 2.17. The lowest BCUT2D eigenvalue weighted by Gasteiger charge is -1.95. The molecule has 0 bridgehead atoms. The molecule has 2 rings (SSSR count). The summed E-state index contributed by atoms with van der Waals surface area (Å²) in [6.45, 7) is 0. The third-order valence-corrected chi connectivity index (χ3v) is 4.39. The van der Waals surface area contributed by atoms with E-state index >= 15 is 0 Å². The standard InChI is InChI=1S/C8H7N3O3S2/c1-16(13,14)8-10-9-7(15-8)6-3-2-4-11(12)5-6/h2-5H,1H3. The lowest BCUT2D eigenvalue weighted by Crippen LogP contribution is -2.23. The lowest BCUT2D eigenvalue weighted by molar-refractivity contribution is -0.604. The molecule has 0 fully saturated rings. The molecule has 84 valence electrons. The molecule has 0 N–H and O–H groups in total. The van der Waals surface area contributed by atoms with Crippen LogP contribution in [0.1, 0.15) is 0 Å².